The van der Waals surface area contributed by atoms with Crippen molar-refractivity contribution >= 4 is 11.9 Å². The summed E-state index contributed by atoms with van der Waals surface area (Å²) in [5.74, 6) is -0.280. The van der Waals surface area contributed by atoms with E-state index < -0.39 is 12.1 Å². The number of amides is 1. The molecular formula is C17H17NO6. The van der Waals surface area contributed by atoms with Crippen LogP contribution in [0, 0.1) is 0 Å². The van der Waals surface area contributed by atoms with Crippen LogP contribution in [0.5, 0.6) is 11.7 Å². The smallest absolute Gasteiger partial charge is 0.306 e. The van der Waals surface area contributed by atoms with Crippen molar-refractivity contribution in [2.24, 2.45) is 0 Å². The molecule has 0 spiro atoms. The number of morpholine rings is 1. The molecule has 1 aromatic carbocycles. The number of para-hydroxylation sites is 1. The monoisotopic (exact) mass is 331 g/mol. The van der Waals surface area contributed by atoms with Gasteiger partial charge in [0.25, 0.3) is 11.9 Å². The molecule has 1 amide bonds. The third-order valence-corrected chi connectivity index (χ3v) is 3.58. The van der Waals surface area contributed by atoms with Crippen molar-refractivity contribution < 1.29 is 28.6 Å². The summed E-state index contributed by atoms with van der Waals surface area (Å²) in [7, 11) is 0. The summed E-state index contributed by atoms with van der Waals surface area (Å²) in [5.41, 5.74) is 0. The van der Waals surface area contributed by atoms with Gasteiger partial charge < -0.3 is 23.9 Å². The Kier molecular flexibility index (Phi) is 4.81. The molecule has 0 bridgehead atoms. The summed E-state index contributed by atoms with van der Waals surface area (Å²) in [5, 5.41) is 8.83. The lowest BCUT2D eigenvalue weighted by atomic mass is 10.2. The van der Waals surface area contributed by atoms with Gasteiger partial charge in [0.05, 0.1) is 19.1 Å². The Balaban J connectivity index is 1.64. The quantitative estimate of drug-likeness (QED) is 0.905. The third kappa shape index (κ3) is 3.94. The standard InChI is InChI=1S/C17H17NO6/c19-15(20)10-13-11-18(8-9-22-13)17(21)14-6-7-16(24-14)23-12-4-2-1-3-5-12/h1-7,13H,8-11H2,(H,19,20)/t13-/m1/s1. The van der Waals surface area contributed by atoms with Gasteiger partial charge in [-0.2, -0.15) is 0 Å². The van der Waals surface area contributed by atoms with Crippen LogP contribution in [0.1, 0.15) is 17.0 Å². The van der Waals surface area contributed by atoms with E-state index in [0.717, 1.165) is 0 Å². The minimum atomic E-state index is -0.953. The molecule has 0 saturated carbocycles. The van der Waals surface area contributed by atoms with Crippen LogP contribution in [0.15, 0.2) is 46.9 Å². The van der Waals surface area contributed by atoms with Crippen molar-refractivity contribution in [3.63, 3.8) is 0 Å². The molecule has 1 saturated heterocycles. The first kappa shape index (κ1) is 16.1. The van der Waals surface area contributed by atoms with Gasteiger partial charge in [0, 0.05) is 19.2 Å². The summed E-state index contributed by atoms with van der Waals surface area (Å²) in [6.07, 6.45) is -0.639. The summed E-state index contributed by atoms with van der Waals surface area (Å²) >= 11 is 0. The van der Waals surface area contributed by atoms with Crippen molar-refractivity contribution in [3.05, 3.63) is 48.2 Å². The fraction of sp³-hybridized carbons (Fsp3) is 0.294. The molecule has 3 rings (SSSR count). The number of carbonyl (C=O) groups is 2. The number of benzene rings is 1. The van der Waals surface area contributed by atoms with E-state index in [1.54, 1.807) is 24.3 Å². The second-order valence-electron chi connectivity index (χ2n) is 5.38. The second-order valence-corrected chi connectivity index (χ2v) is 5.38. The number of carboxylic acids is 1. The Morgan fingerprint density at radius 1 is 1.21 bits per heavy atom. The highest BCUT2D eigenvalue weighted by Crippen LogP contribution is 2.24. The molecule has 126 valence electrons. The van der Waals surface area contributed by atoms with Crippen LogP contribution in [0.25, 0.3) is 0 Å². The molecule has 7 nitrogen and oxygen atoms in total. The van der Waals surface area contributed by atoms with Gasteiger partial charge in [-0.05, 0) is 18.2 Å². The molecule has 1 atom stereocenters. The van der Waals surface area contributed by atoms with Crippen LogP contribution in [0.3, 0.4) is 0 Å². The average Bonchev–Trinajstić information content (AvgIpc) is 3.03. The number of nitrogens with zero attached hydrogens (tertiary/aromatic N) is 1. The maximum absolute atomic E-state index is 12.5. The highest BCUT2D eigenvalue weighted by atomic mass is 16.6. The van der Waals surface area contributed by atoms with Gasteiger partial charge in [0.15, 0.2) is 5.76 Å². The van der Waals surface area contributed by atoms with Crippen LogP contribution in [0.2, 0.25) is 0 Å². The SMILES string of the molecule is O=C(O)C[C@@H]1CN(C(=O)c2ccc(Oc3ccccc3)o2)CCO1. The lowest BCUT2D eigenvalue weighted by Gasteiger charge is -2.31. The largest absolute Gasteiger partial charge is 0.481 e. The molecular weight excluding hydrogens is 314 g/mol. The second kappa shape index (κ2) is 7.18. The number of carboxylic acid groups (broad SMARTS) is 1. The van der Waals surface area contributed by atoms with Crippen molar-refractivity contribution in [2.45, 2.75) is 12.5 Å². The summed E-state index contributed by atoms with van der Waals surface area (Å²) in [6, 6.07) is 12.2. The van der Waals surface area contributed by atoms with Gasteiger partial charge >= 0.3 is 5.97 Å². The first-order valence-corrected chi connectivity index (χ1v) is 7.57. The van der Waals surface area contributed by atoms with Crippen LogP contribution in [-0.4, -0.2) is 47.7 Å². The molecule has 1 aromatic heterocycles. The molecule has 7 heteroatoms. The van der Waals surface area contributed by atoms with E-state index in [4.69, 9.17) is 19.0 Å². The zero-order chi connectivity index (χ0) is 16.9. The third-order valence-electron chi connectivity index (χ3n) is 3.58. The number of ether oxygens (including phenoxy) is 2. The van der Waals surface area contributed by atoms with Gasteiger partial charge in [0.2, 0.25) is 0 Å². The normalized spacial score (nSPS) is 17.5. The molecule has 0 aliphatic carbocycles. The Morgan fingerprint density at radius 2 is 2.00 bits per heavy atom. The number of aliphatic carboxylic acids is 1. The highest BCUT2D eigenvalue weighted by molar-refractivity contribution is 5.91. The fourth-order valence-corrected chi connectivity index (χ4v) is 2.47. The molecule has 24 heavy (non-hydrogen) atoms. The number of rotatable bonds is 5. The summed E-state index contributed by atoms with van der Waals surface area (Å²) in [4.78, 5) is 24.8. The van der Waals surface area contributed by atoms with Gasteiger partial charge in [-0.1, -0.05) is 18.2 Å². The molecule has 2 heterocycles. The van der Waals surface area contributed by atoms with Crippen molar-refractivity contribution in [1.29, 1.82) is 0 Å². The predicted octanol–water partition coefficient (Wildman–Crippen LogP) is 2.39. The van der Waals surface area contributed by atoms with Crippen LogP contribution in [-0.2, 0) is 9.53 Å². The van der Waals surface area contributed by atoms with Crippen LogP contribution >= 0.6 is 0 Å². The molecule has 0 unspecified atom stereocenters. The maximum Gasteiger partial charge on any atom is 0.306 e. The molecule has 0 radical (unpaired) electrons. The lowest BCUT2D eigenvalue weighted by Crippen LogP contribution is -2.46. The van der Waals surface area contributed by atoms with Crippen molar-refractivity contribution in [2.75, 3.05) is 19.7 Å². The topological polar surface area (TPSA) is 89.2 Å². The van der Waals surface area contributed by atoms with E-state index >= 15 is 0 Å². The lowest BCUT2D eigenvalue weighted by molar-refractivity contribution is -0.141. The Morgan fingerprint density at radius 3 is 2.75 bits per heavy atom. The van der Waals surface area contributed by atoms with Gasteiger partial charge in [-0.25, -0.2) is 0 Å². The van der Waals surface area contributed by atoms with E-state index in [0.29, 0.717) is 18.9 Å². The van der Waals surface area contributed by atoms with Gasteiger partial charge in [0.1, 0.15) is 5.75 Å². The molecule has 2 aromatic rings. The number of hydrogen-bond acceptors (Lipinski definition) is 5. The first-order valence-electron chi connectivity index (χ1n) is 7.57. The average molecular weight is 331 g/mol. The number of furan rings is 1. The van der Waals surface area contributed by atoms with Gasteiger partial charge in [-0.15, -0.1) is 0 Å². The van der Waals surface area contributed by atoms with E-state index in [2.05, 4.69) is 0 Å². The van der Waals surface area contributed by atoms with E-state index in [9.17, 15) is 9.59 Å². The molecule has 1 N–H and O–H groups in total. The zero-order valence-electron chi connectivity index (χ0n) is 12.9. The Hall–Kier alpha value is -2.80. The number of hydrogen-bond donors (Lipinski definition) is 1. The molecule has 1 fully saturated rings. The van der Waals surface area contributed by atoms with Crippen molar-refractivity contribution in [1.82, 2.24) is 4.90 Å². The zero-order valence-corrected chi connectivity index (χ0v) is 12.9. The Labute approximate surface area is 138 Å². The van der Waals surface area contributed by atoms with E-state index in [1.807, 2.05) is 18.2 Å². The Bertz CT molecular complexity index is 711. The fourth-order valence-electron chi connectivity index (χ4n) is 2.47. The molecule has 1 aliphatic heterocycles. The minimum Gasteiger partial charge on any atom is -0.481 e. The first-order chi connectivity index (χ1) is 11.6. The van der Waals surface area contributed by atoms with Gasteiger partial charge in [-0.3, -0.25) is 9.59 Å². The summed E-state index contributed by atoms with van der Waals surface area (Å²) in [6.45, 7) is 0.920. The number of carbonyl (C=O) groups excluding carboxylic acids is 1. The minimum absolute atomic E-state index is 0.135. The van der Waals surface area contributed by atoms with Crippen LogP contribution in [0.4, 0.5) is 0 Å². The highest BCUT2D eigenvalue weighted by Gasteiger charge is 2.28. The predicted molar refractivity (Wildman–Crippen MR) is 83.1 cm³/mol. The van der Waals surface area contributed by atoms with E-state index in [-0.39, 0.29) is 30.6 Å². The summed E-state index contributed by atoms with van der Waals surface area (Å²) < 4.78 is 16.3. The van der Waals surface area contributed by atoms with E-state index in [1.165, 1.54) is 4.90 Å². The van der Waals surface area contributed by atoms with Crippen LogP contribution < -0.4 is 4.74 Å². The molecule has 1 aliphatic rings. The van der Waals surface area contributed by atoms with Crippen molar-refractivity contribution in [3.8, 4) is 11.7 Å². The maximum atomic E-state index is 12.5.